The molecule has 2 heterocycles. The first-order valence-electron chi connectivity index (χ1n) is 8.45. The molecule has 4 rings (SSSR count). The van der Waals surface area contributed by atoms with Gasteiger partial charge < -0.3 is 10.1 Å². The van der Waals surface area contributed by atoms with Crippen LogP contribution in [-0.4, -0.2) is 25.7 Å². The van der Waals surface area contributed by atoms with Crippen molar-refractivity contribution >= 4 is 11.6 Å². The lowest BCUT2D eigenvalue weighted by Gasteiger charge is -2.06. The number of aryl methyl sites for hydroxylation is 1. The third-order valence-corrected chi connectivity index (χ3v) is 4.54. The molecule has 0 unspecified atom stereocenters. The van der Waals surface area contributed by atoms with Gasteiger partial charge in [-0.15, -0.1) is 0 Å². The average Bonchev–Trinajstić information content (AvgIpc) is 3.04. The fraction of sp³-hybridized carbons (Fsp3) is 0.0476. The Morgan fingerprint density at radius 3 is 2.36 bits per heavy atom. The quantitative estimate of drug-likeness (QED) is 0.575. The third-order valence-electron chi connectivity index (χ3n) is 4.54. The van der Waals surface area contributed by atoms with Crippen LogP contribution in [-0.2, 0) is 0 Å². The number of nitrogens with zero attached hydrogens (tertiary/aromatic N) is 3. The highest BCUT2D eigenvalue weighted by molar-refractivity contribution is 5.89. The van der Waals surface area contributed by atoms with Crippen molar-refractivity contribution in [3.8, 4) is 28.5 Å². The molecular formula is C21H14N4O3. The van der Waals surface area contributed by atoms with Gasteiger partial charge in [0.05, 0.1) is 28.6 Å². The van der Waals surface area contributed by atoms with Gasteiger partial charge in [0.1, 0.15) is 5.65 Å². The lowest BCUT2D eigenvalue weighted by molar-refractivity contribution is 0.0697. The largest absolute Gasteiger partial charge is 0.478 e. The fourth-order valence-electron chi connectivity index (χ4n) is 3.16. The van der Waals surface area contributed by atoms with Gasteiger partial charge in [-0.3, -0.25) is 4.79 Å². The summed E-state index contributed by atoms with van der Waals surface area (Å²) in [5.41, 5.74) is 4.45. The van der Waals surface area contributed by atoms with Crippen molar-refractivity contribution in [1.29, 1.82) is 5.26 Å². The highest BCUT2D eigenvalue weighted by atomic mass is 16.4. The summed E-state index contributed by atoms with van der Waals surface area (Å²) in [6.45, 7) is 1.79. The molecule has 2 N–H and O–H groups in total. The number of hydrogen-bond acceptors (Lipinski definition) is 4. The standard InChI is InChI=1S/C21H14N4O3/c1-12-19(15-6-8-16(9-7-15)21(27)28)20-23-17(10-18(26)25(20)24-12)14-4-2-13(11-22)3-5-14/h2-10,23H,1H3,(H,27,28). The van der Waals surface area contributed by atoms with Crippen LogP contribution in [0.3, 0.4) is 0 Å². The molecule has 0 aliphatic heterocycles. The lowest BCUT2D eigenvalue weighted by atomic mass is 10.0. The molecule has 0 amide bonds. The van der Waals surface area contributed by atoms with Gasteiger partial charge in [0, 0.05) is 11.6 Å². The van der Waals surface area contributed by atoms with E-state index in [4.69, 9.17) is 10.4 Å². The number of carboxylic acid groups (broad SMARTS) is 1. The van der Waals surface area contributed by atoms with E-state index >= 15 is 0 Å². The molecule has 2 aromatic carbocycles. The van der Waals surface area contributed by atoms with Crippen molar-refractivity contribution in [2.45, 2.75) is 6.92 Å². The predicted octanol–water partition coefficient (Wildman–Crippen LogP) is 3.23. The topological polar surface area (TPSA) is 111 Å². The first-order valence-corrected chi connectivity index (χ1v) is 8.45. The molecule has 0 aliphatic carbocycles. The van der Waals surface area contributed by atoms with E-state index in [0.29, 0.717) is 22.6 Å². The molecule has 7 nitrogen and oxygen atoms in total. The Balaban J connectivity index is 1.91. The number of aromatic carboxylic acids is 1. The number of fused-ring (bicyclic) bond motifs is 1. The summed E-state index contributed by atoms with van der Waals surface area (Å²) < 4.78 is 1.29. The Kier molecular flexibility index (Phi) is 4.02. The predicted molar refractivity (Wildman–Crippen MR) is 103 cm³/mol. The van der Waals surface area contributed by atoms with Crippen molar-refractivity contribution in [2.24, 2.45) is 0 Å². The number of rotatable bonds is 3. The van der Waals surface area contributed by atoms with E-state index in [9.17, 15) is 9.59 Å². The Morgan fingerprint density at radius 2 is 1.75 bits per heavy atom. The molecule has 4 aromatic rings. The van der Waals surface area contributed by atoms with Crippen LogP contribution in [0, 0.1) is 18.3 Å². The summed E-state index contributed by atoms with van der Waals surface area (Å²) in [5, 5.41) is 22.4. The van der Waals surface area contributed by atoms with Gasteiger partial charge in [0.25, 0.3) is 5.56 Å². The van der Waals surface area contributed by atoms with E-state index in [0.717, 1.165) is 16.7 Å². The first-order chi connectivity index (χ1) is 13.5. The van der Waals surface area contributed by atoms with Crippen LogP contribution >= 0.6 is 0 Å². The van der Waals surface area contributed by atoms with Gasteiger partial charge >= 0.3 is 5.97 Å². The highest BCUT2D eigenvalue weighted by Crippen LogP contribution is 2.28. The van der Waals surface area contributed by atoms with Gasteiger partial charge in [0.2, 0.25) is 0 Å². The van der Waals surface area contributed by atoms with Crippen LogP contribution in [0.1, 0.15) is 21.6 Å². The molecule has 0 spiro atoms. The van der Waals surface area contributed by atoms with Crippen LogP contribution in [0.5, 0.6) is 0 Å². The number of carbonyl (C=O) groups is 1. The monoisotopic (exact) mass is 370 g/mol. The normalized spacial score (nSPS) is 10.7. The number of nitrogens with one attached hydrogen (secondary N) is 1. The maximum Gasteiger partial charge on any atom is 0.335 e. The molecule has 2 aromatic heterocycles. The molecule has 0 atom stereocenters. The third kappa shape index (κ3) is 2.83. The number of carboxylic acids is 1. The van der Waals surface area contributed by atoms with Crippen LogP contribution in [0.25, 0.3) is 28.0 Å². The molecular weight excluding hydrogens is 356 g/mol. The second kappa shape index (κ2) is 6.52. The minimum absolute atomic E-state index is 0.185. The number of nitriles is 1. The molecule has 0 aliphatic rings. The molecule has 7 heteroatoms. The van der Waals surface area contributed by atoms with Crippen LogP contribution in [0.15, 0.2) is 59.4 Å². The van der Waals surface area contributed by atoms with E-state index in [1.54, 1.807) is 43.3 Å². The van der Waals surface area contributed by atoms with E-state index in [1.165, 1.54) is 22.7 Å². The number of aromatic amines is 1. The summed E-state index contributed by atoms with van der Waals surface area (Å²) >= 11 is 0. The van der Waals surface area contributed by atoms with Crippen molar-refractivity contribution in [3.05, 3.63) is 81.8 Å². The van der Waals surface area contributed by atoms with Crippen molar-refractivity contribution in [1.82, 2.24) is 14.6 Å². The molecule has 28 heavy (non-hydrogen) atoms. The van der Waals surface area contributed by atoms with Crippen molar-refractivity contribution in [3.63, 3.8) is 0 Å². The Bertz CT molecular complexity index is 1310. The summed E-state index contributed by atoms with van der Waals surface area (Å²) in [4.78, 5) is 26.9. The zero-order valence-corrected chi connectivity index (χ0v) is 14.8. The Hall–Kier alpha value is -4.18. The van der Waals surface area contributed by atoms with Gasteiger partial charge in [-0.2, -0.15) is 14.9 Å². The van der Waals surface area contributed by atoms with Gasteiger partial charge in [-0.05, 0) is 42.3 Å². The molecule has 0 saturated heterocycles. The molecule has 0 radical (unpaired) electrons. The zero-order valence-electron chi connectivity index (χ0n) is 14.8. The molecule has 136 valence electrons. The number of aromatic nitrogens is 3. The maximum atomic E-state index is 12.6. The van der Waals surface area contributed by atoms with E-state index in [-0.39, 0.29) is 11.1 Å². The van der Waals surface area contributed by atoms with E-state index < -0.39 is 5.97 Å². The molecule has 0 bridgehead atoms. The van der Waals surface area contributed by atoms with Gasteiger partial charge in [-0.25, -0.2) is 4.79 Å². The maximum absolute atomic E-state index is 12.6. The van der Waals surface area contributed by atoms with Crippen molar-refractivity contribution < 1.29 is 9.90 Å². The zero-order chi connectivity index (χ0) is 19.8. The Morgan fingerprint density at radius 1 is 1.11 bits per heavy atom. The van der Waals surface area contributed by atoms with Crippen LogP contribution < -0.4 is 5.56 Å². The summed E-state index contributed by atoms with van der Waals surface area (Å²) in [5.74, 6) is -1.00. The lowest BCUT2D eigenvalue weighted by Crippen LogP contribution is -2.14. The summed E-state index contributed by atoms with van der Waals surface area (Å²) in [7, 11) is 0. The van der Waals surface area contributed by atoms with Crippen molar-refractivity contribution in [2.75, 3.05) is 0 Å². The molecule has 0 fully saturated rings. The minimum Gasteiger partial charge on any atom is -0.478 e. The van der Waals surface area contributed by atoms with E-state index in [2.05, 4.69) is 16.2 Å². The number of hydrogen-bond donors (Lipinski definition) is 2. The smallest absolute Gasteiger partial charge is 0.335 e. The highest BCUT2D eigenvalue weighted by Gasteiger charge is 2.16. The second-order valence-corrected chi connectivity index (χ2v) is 6.31. The van der Waals surface area contributed by atoms with Crippen LogP contribution in [0.4, 0.5) is 0 Å². The number of benzene rings is 2. The summed E-state index contributed by atoms with van der Waals surface area (Å²) in [6.07, 6.45) is 0. The number of H-pyrrole nitrogens is 1. The van der Waals surface area contributed by atoms with Gasteiger partial charge in [0.15, 0.2) is 0 Å². The Labute approximate surface area is 159 Å². The minimum atomic E-state index is -1.00. The fourth-order valence-corrected chi connectivity index (χ4v) is 3.16. The summed E-state index contributed by atoms with van der Waals surface area (Å²) in [6, 6.07) is 16.9. The molecule has 0 saturated carbocycles. The first kappa shape index (κ1) is 17.2. The SMILES string of the molecule is Cc1nn2c(=O)cc(-c3ccc(C#N)cc3)[nH]c2c1-c1ccc(C(=O)O)cc1. The van der Waals surface area contributed by atoms with Gasteiger partial charge in [-0.1, -0.05) is 24.3 Å². The second-order valence-electron chi connectivity index (χ2n) is 6.31. The van der Waals surface area contributed by atoms with E-state index in [1.807, 2.05) is 0 Å². The van der Waals surface area contributed by atoms with Crippen LogP contribution in [0.2, 0.25) is 0 Å². The average molecular weight is 370 g/mol.